The summed E-state index contributed by atoms with van der Waals surface area (Å²) in [5.41, 5.74) is 3.22. The second-order valence-corrected chi connectivity index (χ2v) is 5.89. The van der Waals surface area contributed by atoms with Crippen molar-refractivity contribution in [3.8, 4) is 0 Å². The van der Waals surface area contributed by atoms with Gasteiger partial charge in [-0.3, -0.25) is 9.59 Å². The molecule has 1 N–H and O–H groups in total. The molecule has 2 unspecified atom stereocenters. The number of amides is 1. The molecule has 1 aromatic rings. The normalized spacial score (nSPS) is 13.6. The fraction of sp³-hybridized carbons (Fsp3) is 0.556. The zero-order chi connectivity index (χ0) is 16.0. The van der Waals surface area contributed by atoms with Crippen molar-refractivity contribution in [3.05, 3.63) is 29.3 Å². The Labute approximate surface area is 128 Å². The number of carbonyl (C=O) groups excluding carboxylic acids is 2. The summed E-state index contributed by atoms with van der Waals surface area (Å²) in [6.45, 7) is 10.1. The van der Waals surface area contributed by atoms with Gasteiger partial charge in [0.25, 0.3) is 0 Å². The van der Waals surface area contributed by atoms with Gasteiger partial charge in [0.05, 0.1) is 6.42 Å². The van der Waals surface area contributed by atoms with Crippen molar-refractivity contribution in [1.29, 1.82) is 0 Å². The number of benzene rings is 1. The molecular weight excluding hydrogens is 262 g/mol. The number of hydrogen-bond donors (Lipinski definition) is 1. The number of anilines is 1. The van der Waals surface area contributed by atoms with Crippen LogP contribution < -0.4 is 5.32 Å². The highest BCUT2D eigenvalue weighted by Gasteiger charge is 2.15. The summed E-state index contributed by atoms with van der Waals surface area (Å²) >= 11 is 0. The molecule has 0 heterocycles. The van der Waals surface area contributed by atoms with Crippen LogP contribution in [0.1, 0.15) is 76.8 Å². The number of nitrogens with one attached hydrogen (secondary N) is 1. The number of hydrogen-bond acceptors (Lipinski definition) is 2. The average Bonchev–Trinajstić information content (AvgIpc) is 2.44. The third-order valence-corrected chi connectivity index (χ3v) is 4.09. The molecule has 3 nitrogen and oxygen atoms in total. The highest BCUT2D eigenvalue weighted by molar-refractivity contribution is 6.03. The van der Waals surface area contributed by atoms with Crippen molar-refractivity contribution in [1.82, 2.24) is 0 Å². The molecule has 3 heteroatoms. The third kappa shape index (κ3) is 5.00. The molecule has 0 fully saturated rings. The molecular formula is C18H27NO2. The number of Topliss-reactive ketones (excluding diaryl/α,β-unsaturated/α-hetero) is 1. The fourth-order valence-electron chi connectivity index (χ4n) is 2.29. The Morgan fingerprint density at radius 2 is 1.71 bits per heavy atom. The van der Waals surface area contributed by atoms with E-state index in [1.165, 1.54) is 12.5 Å². The van der Waals surface area contributed by atoms with Crippen molar-refractivity contribution in [2.75, 3.05) is 5.32 Å². The summed E-state index contributed by atoms with van der Waals surface area (Å²) in [4.78, 5) is 23.0. The van der Waals surface area contributed by atoms with Gasteiger partial charge in [-0.25, -0.2) is 0 Å². The highest BCUT2D eigenvalue weighted by Crippen LogP contribution is 2.31. The molecule has 1 amide bonds. The first-order valence-corrected chi connectivity index (χ1v) is 7.82. The van der Waals surface area contributed by atoms with E-state index in [-0.39, 0.29) is 18.1 Å². The quantitative estimate of drug-likeness (QED) is 0.744. The minimum atomic E-state index is -0.228. The fourth-order valence-corrected chi connectivity index (χ4v) is 2.29. The molecule has 0 radical (unpaired) electrons. The third-order valence-electron chi connectivity index (χ3n) is 4.09. The first-order chi connectivity index (χ1) is 9.88. The molecule has 2 atom stereocenters. The predicted molar refractivity (Wildman–Crippen MR) is 87.8 cm³/mol. The zero-order valence-electron chi connectivity index (χ0n) is 13.8. The largest absolute Gasteiger partial charge is 0.325 e. The Morgan fingerprint density at radius 3 is 2.24 bits per heavy atom. The number of ketones is 1. The molecule has 0 aliphatic carbocycles. The standard InChI is InChI=1S/C18H27NO2/c1-6-12(3)15-8-9-16(13(4)7-2)17(11-15)19-18(21)10-14(5)20/h8-9,11-13H,6-7,10H2,1-5H3,(H,19,21). The molecule has 1 rings (SSSR count). The minimum absolute atomic E-state index is 0.0620. The molecule has 0 spiro atoms. The maximum atomic E-state index is 11.9. The first kappa shape index (κ1) is 17.4. The Hall–Kier alpha value is -1.64. The van der Waals surface area contributed by atoms with Crippen molar-refractivity contribution in [2.24, 2.45) is 0 Å². The smallest absolute Gasteiger partial charge is 0.231 e. The Bertz CT molecular complexity index is 508. The predicted octanol–water partition coefficient (Wildman–Crippen LogP) is 4.63. The lowest BCUT2D eigenvalue weighted by Crippen LogP contribution is -2.16. The van der Waals surface area contributed by atoms with E-state index < -0.39 is 0 Å². The first-order valence-electron chi connectivity index (χ1n) is 7.82. The van der Waals surface area contributed by atoms with Gasteiger partial charge in [-0.2, -0.15) is 0 Å². The van der Waals surface area contributed by atoms with Gasteiger partial charge in [-0.15, -0.1) is 0 Å². The van der Waals surface area contributed by atoms with Gasteiger partial charge in [0.1, 0.15) is 5.78 Å². The van der Waals surface area contributed by atoms with E-state index in [0.29, 0.717) is 11.8 Å². The van der Waals surface area contributed by atoms with Gasteiger partial charge < -0.3 is 5.32 Å². The molecule has 0 saturated carbocycles. The molecule has 0 aliphatic heterocycles. The highest BCUT2D eigenvalue weighted by atomic mass is 16.2. The summed E-state index contributed by atoms with van der Waals surface area (Å²) in [7, 11) is 0. The second kappa shape index (κ2) is 7.96. The van der Waals surface area contributed by atoms with Crippen molar-refractivity contribution in [3.63, 3.8) is 0 Å². The van der Waals surface area contributed by atoms with Gasteiger partial charge >= 0.3 is 0 Å². The van der Waals surface area contributed by atoms with Crippen LogP contribution in [0.4, 0.5) is 5.69 Å². The summed E-state index contributed by atoms with van der Waals surface area (Å²) in [5.74, 6) is 0.493. The average molecular weight is 289 g/mol. The molecule has 0 bridgehead atoms. The minimum Gasteiger partial charge on any atom is -0.325 e. The van der Waals surface area contributed by atoms with Crippen molar-refractivity contribution < 1.29 is 9.59 Å². The van der Waals surface area contributed by atoms with E-state index in [2.05, 4.69) is 51.2 Å². The van der Waals surface area contributed by atoms with Gasteiger partial charge in [-0.1, -0.05) is 39.8 Å². The monoisotopic (exact) mass is 289 g/mol. The Balaban J connectivity index is 3.10. The van der Waals surface area contributed by atoms with Gasteiger partial charge in [0.2, 0.25) is 5.91 Å². The van der Waals surface area contributed by atoms with E-state index in [9.17, 15) is 9.59 Å². The SMILES string of the molecule is CCC(C)c1ccc(C(C)CC)c(NC(=O)CC(C)=O)c1. The zero-order valence-corrected chi connectivity index (χ0v) is 13.8. The van der Waals surface area contributed by atoms with Crippen LogP contribution in [0.2, 0.25) is 0 Å². The van der Waals surface area contributed by atoms with Gasteiger partial charge in [0.15, 0.2) is 0 Å². The lowest BCUT2D eigenvalue weighted by molar-refractivity contribution is -0.124. The molecule has 0 aliphatic rings. The lowest BCUT2D eigenvalue weighted by Gasteiger charge is -2.19. The lowest BCUT2D eigenvalue weighted by atomic mass is 9.91. The van der Waals surface area contributed by atoms with E-state index in [0.717, 1.165) is 24.1 Å². The topological polar surface area (TPSA) is 46.2 Å². The van der Waals surface area contributed by atoms with Crippen molar-refractivity contribution in [2.45, 2.75) is 65.7 Å². The molecule has 116 valence electrons. The van der Waals surface area contributed by atoms with Crippen molar-refractivity contribution >= 4 is 17.4 Å². The van der Waals surface area contributed by atoms with Crippen LogP contribution in [0.5, 0.6) is 0 Å². The van der Waals surface area contributed by atoms with Gasteiger partial charge in [-0.05, 0) is 48.8 Å². The maximum Gasteiger partial charge on any atom is 0.231 e. The number of rotatable bonds is 7. The summed E-state index contributed by atoms with van der Waals surface area (Å²) in [6.07, 6.45) is 2.01. The Morgan fingerprint density at radius 1 is 1.10 bits per heavy atom. The molecule has 21 heavy (non-hydrogen) atoms. The molecule has 0 aromatic heterocycles. The second-order valence-electron chi connectivity index (χ2n) is 5.89. The van der Waals surface area contributed by atoms with E-state index in [1.54, 1.807) is 0 Å². The molecule has 1 aromatic carbocycles. The molecule has 0 saturated heterocycles. The van der Waals surface area contributed by atoms with Crippen LogP contribution in [-0.4, -0.2) is 11.7 Å². The summed E-state index contributed by atoms with van der Waals surface area (Å²) in [6, 6.07) is 6.32. The van der Waals surface area contributed by atoms with E-state index in [1.807, 2.05) is 0 Å². The van der Waals surface area contributed by atoms with Crippen LogP contribution in [0, 0.1) is 0 Å². The van der Waals surface area contributed by atoms with Crippen LogP contribution in [0.15, 0.2) is 18.2 Å². The van der Waals surface area contributed by atoms with Gasteiger partial charge in [0, 0.05) is 5.69 Å². The number of carbonyl (C=O) groups is 2. The summed E-state index contributed by atoms with van der Waals surface area (Å²) in [5, 5.41) is 2.92. The van der Waals surface area contributed by atoms with E-state index in [4.69, 9.17) is 0 Å². The van der Waals surface area contributed by atoms with E-state index >= 15 is 0 Å². The van der Waals surface area contributed by atoms with Crippen LogP contribution in [0.25, 0.3) is 0 Å². The van der Waals surface area contributed by atoms with Crippen LogP contribution in [-0.2, 0) is 9.59 Å². The maximum absolute atomic E-state index is 11.9. The Kier molecular flexibility index (Phi) is 6.60. The van der Waals surface area contributed by atoms with Crippen LogP contribution >= 0.6 is 0 Å². The summed E-state index contributed by atoms with van der Waals surface area (Å²) < 4.78 is 0. The van der Waals surface area contributed by atoms with Crippen LogP contribution in [0.3, 0.4) is 0 Å².